The van der Waals surface area contributed by atoms with Crippen molar-refractivity contribution >= 4 is 16.9 Å². The van der Waals surface area contributed by atoms with Crippen molar-refractivity contribution in [2.75, 3.05) is 0 Å². The minimum Gasteiger partial charge on any atom is -0.608 e. The maximum Gasteiger partial charge on any atom is 0.520 e. The first-order valence-corrected chi connectivity index (χ1v) is 3.97. The molecule has 0 bridgehead atoms. The topological polar surface area (TPSA) is 66.2 Å². The third kappa shape index (κ3) is 4.24. The standard InChI is InChI=1S/H2NO2PSi/c1-5-4(2)3/h1H2. The lowest BCUT2D eigenvalue weighted by molar-refractivity contribution is -0.158. The van der Waals surface area contributed by atoms with Gasteiger partial charge in [-0.25, -0.2) is 0 Å². The second-order valence-electron chi connectivity index (χ2n) is 0.386. The second kappa shape index (κ2) is 2.47. The molecule has 0 aliphatic carbocycles. The largest absolute Gasteiger partial charge is 0.608 e. The molecule has 0 aromatic carbocycles. The summed E-state index contributed by atoms with van der Waals surface area (Å²) in [6.07, 6.45) is 0. The van der Waals surface area contributed by atoms with Gasteiger partial charge in [-0.15, -0.1) is 0 Å². The first-order valence-electron chi connectivity index (χ1n) is 0.877. The number of nitrogens with two attached hydrogens (primary N) is 1. The Morgan fingerprint density at radius 2 is 2.20 bits per heavy atom. The van der Waals surface area contributed by atoms with Crippen LogP contribution in [0.5, 0.6) is 0 Å². The molecule has 0 spiro atoms. The van der Waals surface area contributed by atoms with Crippen LogP contribution < -0.4 is 10.3 Å². The molecule has 0 aliphatic heterocycles. The molecule has 0 saturated heterocycles. The van der Waals surface area contributed by atoms with E-state index in [9.17, 15) is 9.46 Å². The van der Waals surface area contributed by atoms with E-state index in [1.54, 1.807) is 0 Å². The molecule has 0 saturated carbocycles. The molecule has 0 heterocycles. The van der Waals surface area contributed by atoms with Crippen LogP contribution in [0.1, 0.15) is 0 Å². The fraction of sp³-hybridized carbons (Fsp3) is 0. The van der Waals surface area contributed by atoms with Crippen LogP contribution in [0.4, 0.5) is 0 Å². The Hall–Kier alpha value is 0.237. The fourth-order valence-corrected chi connectivity index (χ4v) is 0. The van der Waals surface area contributed by atoms with Crippen LogP contribution in [-0.2, 0) is 4.57 Å². The predicted octanol–water partition coefficient (Wildman–Crippen LogP) is -1.42. The molecular formula is H2NO2PSi. The molecule has 1 unspecified atom stereocenters. The molecule has 5 heteroatoms. The van der Waals surface area contributed by atoms with Crippen molar-refractivity contribution in [3.05, 3.63) is 0 Å². The van der Waals surface area contributed by atoms with E-state index in [1.165, 1.54) is 0 Å². The molecule has 28 valence electrons. The van der Waals surface area contributed by atoms with Gasteiger partial charge in [-0.1, -0.05) is 4.57 Å². The van der Waals surface area contributed by atoms with Gasteiger partial charge in [0.15, 0.2) is 0 Å². The van der Waals surface area contributed by atoms with Crippen LogP contribution in [0.25, 0.3) is 0 Å². The van der Waals surface area contributed by atoms with Crippen molar-refractivity contribution in [2.24, 2.45) is 5.40 Å². The van der Waals surface area contributed by atoms with Gasteiger partial charge in [-0.2, -0.15) is 0 Å². The molecule has 3 nitrogen and oxygen atoms in total. The summed E-state index contributed by atoms with van der Waals surface area (Å²) in [6, 6.07) is 0. The van der Waals surface area contributed by atoms with Gasteiger partial charge in [0.25, 0.3) is 7.58 Å². The Kier molecular flexibility index (Phi) is 2.59. The van der Waals surface area contributed by atoms with Crippen molar-refractivity contribution in [3.63, 3.8) is 0 Å². The van der Waals surface area contributed by atoms with Crippen LogP contribution in [0.3, 0.4) is 0 Å². The highest BCUT2D eigenvalue weighted by Crippen LogP contribution is 1.93. The lowest BCUT2D eigenvalue weighted by atomic mass is 13.9. The molecule has 2 radical (unpaired) electrons. The molecular weight excluding hydrogens is 105 g/mol. The predicted molar refractivity (Wildman–Crippen MR) is 17.5 cm³/mol. The lowest BCUT2D eigenvalue weighted by Gasteiger charge is -1.67. The summed E-state index contributed by atoms with van der Waals surface area (Å²) in [7, 11) is -2.72. The van der Waals surface area contributed by atoms with E-state index in [4.69, 9.17) is 0 Å². The van der Waals surface area contributed by atoms with E-state index in [0.717, 1.165) is 0 Å². The zero-order valence-electron chi connectivity index (χ0n) is 2.34. The molecule has 0 aromatic rings. The number of hydrogen-bond acceptors (Lipinski definition) is 3. The van der Waals surface area contributed by atoms with Gasteiger partial charge >= 0.3 is 9.35 Å². The highest BCUT2D eigenvalue weighted by molar-refractivity contribution is 7.69. The summed E-state index contributed by atoms with van der Waals surface area (Å²) in [5.41, 5.74) is 0. The molecule has 0 amide bonds. The van der Waals surface area contributed by atoms with Crippen molar-refractivity contribution < 1.29 is 9.46 Å². The van der Waals surface area contributed by atoms with Crippen molar-refractivity contribution in [3.8, 4) is 0 Å². The first kappa shape index (κ1) is 5.24. The Bertz CT molecular complexity index is 44.9. The average molecular weight is 107 g/mol. The van der Waals surface area contributed by atoms with E-state index in [2.05, 4.69) is 5.40 Å². The minimum absolute atomic E-state index is 0.432. The maximum atomic E-state index is 9.29. The van der Waals surface area contributed by atoms with Crippen LogP contribution >= 0.6 is 7.58 Å². The summed E-state index contributed by atoms with van der Waals surface area (Å²) in [6.45, 7) is 0. The normalized spacial score (nSPS) is 11.2. The number of hydrogen-bond donors (Lipinski definition) is 1. The number of rotatable bonds is 1. The SMILES string of the molecule is N[Si][P+](=O)[O-]. The van der Waals surface area contributed by atoms with E-state index < -0.39 is 16.9 Å². The zero-order chi connectivity index (χ0) is 4.28. The molecule has 0 fully saturated rings. The Morgan fingerprint density at radius 1 is 2.00 bits per heavy atom. The first-order chi connectivity index (χ1) is 2.27. The van der Waals surface area contributed by atoms with Crippen LogP contribution in [-0.4, -0.2) is 9.35 Å². The molecule has 5 heavy (non-hydrogen) atoms. The van der Waals surface area contributed by atoms with Crippen LogP contribution in [0, 0.1) is 0 Å². The van der Waals surface area contributed by atoms with Gasteiger partial charge in [0.1, 0.15) is 0 Å². The van der Waals surface area contributed by atoms with Crippen molar-refractivity contribution in [1.29, 1.82) is 0 Å². The van der Waals surface area contributed by atoms with E-state index in [1.807, 2.05) is 0 Å². The van der Waals surface area contributed by atoms with Gasteiger partial charge < -0.3 is 10.3 Å². The van der Waals surface area contributed by atoms with Crippen molar-refractivity contribution in [1.82, 2.24) is 0 Å². The third-order valence-electron chi connectivity index (χ3n) is 0.105. The average Bonchev–Trinajstić information content (AvgIpc) is 1.38. The minimum atomic E-state index is -2.29. The molecule has 0 aliphatic rings. The van der Waals surface area contributed by atoms with Gasteiger partial charge in [-0.3, -0.25) is 0 Å². The van der Waals surface area contributed by atoms with Crippen molar-refractivity contribution in [2.45, 2.75) is 0 Å². The molecule has 0 rings (SSSR count). The summed E-state index contributed by atoms with van der Waals surface area (Å²) >= 11 is 0. The Morgan fingerprint density at radius 3 is 2.20 bits per heavy atom. The maximum absolute atomic E-state index is 9.29. The quantitative estimate of drug-likeness (QED) is 0.330. The third-order valence-corrected chi connectivity index (χ3v) is 0.949. The lowest BCUT2D eigenvalue weighted by Crippen LogP contribution is -2.04. The summed E-state index contributed by atoms with van der Waals surface area (Å²) in [4.78, 5) is 9.29. The Labute approximate surface area is 32.8 Å². The smallest absolute Gasteiger partial charge is 0.520 e. The highest BCUT2D eigenvalue weighted by atomic mass is 31.4. The zero-order valence-corrected chi connectivity index (χ0v) is 4.24. The van der Waals surface area contributed by atoms with Crippen LogP contribution in [0.2, 0.25) is 0 Å². The van der Waals surface area contributed by atoms with E-state index in [-0.39, 0.29) is 0 Å². The van der Waals surface area contributed by atoms with Gasteiger partial charge in [0.05, 0.1) is 0 Å². The second-order valence-corrected chi connectivity index (χ2v) is 3.03. The fourth-order valence-electron chi connectivity index (χ4n) is 0. The van der Waals surface area contributed by atoms with Crippen LogP contribution in [0.15, 0.2) is 0 Å². The molecule has 1 atom stereocenters. The molecule has 2 N–H and O–H groups in total. The van der Waals surface area contributed by atoms with Gasteiger partial charge in [0.2, 0.25) is 0 Å². The summed E-state index contributed by atoms with van der Waals surface area (Å²) < 4.78 is 9.29. The van der Waals surface area contributed by atoms with E-state index in [0.29, 0.717) is 0 Å². The monoisotopic (exact) mass is 107 g/mol. The highest BCUT2D eigenvalue weighted by Gasteiger charge is 1.94. The summed E-state index contributed by atoms with van der Waals surface area (Å²) in [5.74, 6) is 0. The van der Waals surface area contributed by atoms with Gasteiger partial charge in [0, 0.05) is 0 Å². The Balaban J connectivity index is 2.85. The van der Waals surface area contributed by atoms with E-state index >= 15 is 0 Å². The van der Waals surface area contributed by atoms with Gasteiger partial charge in [-0.05, 0) is 0 Å². The summed E-state index contributed by atoms with van der Waals surface area (Å²) in [5, 5.41) is 4.60. The molecule has 0 aromatic heterocycles.